The van der Waals surface area contributed by atoms with Crippen molar-refractivity contribution in [1.29, 1.82) is 0 Å². The minimum atomic E-state index is 0.597. The van der Waals surface area contributed by atoms with Gasteiger partial charge in [0.1, 0.15) is 0 Å². The van der Waals surface area contributed by atoms with Crippen LogP contribution in [0.15, 0.2) is 24.5 Å². The second-order valence-corrected chi connectivity index (χ2v) is 3.09. The van der Waals surface area contributed by atoms with Gasteiger partial charge in [0.15, 0.2) is 0 Å². The van der Waals surface area contributed by atoms with Gasteiger partial charge in [0.05, 0.1) is 6.54 Å². The lowest BCUT2D eigenvalue weighted by molar-refractivity contribution is 0.504. The average Bonchev–Trinajstić information content (AvgIpc) is 2.76. The van der Waals surface area contributed by atoms with E-state index >= 15 is 0 Å². The molecule has 0 bridgehead atoms. The van der Waals surface area contributed by atoms with Crippen molar-refractivity contribution >= 4 is 0 Å². The van der Waals surface area contributed by atoms with Crippen molar-refractivity contribution in [3.05, 3.63) is 24.5 Å². The topological polar surface area (TPSA) is 82.5 Å². The third-order valence-electron chi connectivity index (χ3n) is 1.93. The van der Waals surface area contributed by atoms with E-state index in [-0.39, 0.29) is 0 Å². The molecule has 2 aromatic heterocycles. The third kappa shape index (κ3) is 2.35. The van der Waals surface area contributed by atoms with Crippen molar-refractivity contribution in [2.45, 2.75) is 13.0 Å². The number of hydrogen-bond donors (Lipinski definition) is 1. The second-order valence-electron chi connectivity index (χ2n) is 3.09. The molecule has 78 valence electrons. The van der Waals surface area contributed by atoms with Crippen LogP contribution in [-0.4, -0.2) is 31.7 Å². The summed E-state index contributed by atoms with van der Waals surface area (Å²) in [4.78, 5) is 5.55. The number of nitrogens with zero attached hydrogens (tertiary/aromatic N) is 5. The Kier molecular flexibility index (Phi) is 2.99. The van der Waals surface area contributed by atoms with E-state index in [9.17, 15) is 0 Å². The van der Waals surface area contributed by atoms with Gasteiger partial charge in [-0.25, -0.2) is 0 Å². The molecule has 0 atom stereocenters. The molecular formula is C9H12N6. The molecular weight excluding hydrogens is 192 g/mol. The minimum absolute atomic E-state index is 0.597. The lowest BCUT2D eigenvalue weighted by Crippen LogP contribution is -2.08. The molecule has 2 aromatic rings. The van der Waals surface area contributed by atoms with Gasteiger partial charge in [0, 0.05) is 18.0 Å². The molecule has 2 N–H and O–H groups in total. The molecule has 6 heteroatoms. The Morgan fingerprint density at radius 1 is 1.40 bits per heavy atom. The molecule has 6 nitrogen and oxygen atoms in total. The second kappa shape index (κ2) is 4.61. The van der Waals surface area contributed by atoms with Crippen LogP contribution in [0.25, 0.3) is 11.4 Å². The number of rotatable bonds is 4. The monoisotopic (exact) mass is 204 g/mol. The number of aryl methyl sites for hydroxylation is 1. The van der Waals surface area contributed by atoms with Gasteiger partial charge in [-0.2, -0.15) is 4.80 Å². The van der Waals surface area contributed by atoms with Crippen molar-refractivity contribution in [3.63, 3.8) is 0 Å². The van der Waals surface area contributed by atoms with Gasteiger partial charge in [-0.15, -0.1) is 10.2 Å². The molecule has 0 unspecified atom stereocenters. The van der Waals surface area contributed by atoms with Crippen LogP contribution in [0.1, 0.15) is 6.42 Å². The first kappa shape index (κ1) is 9.72. The summed E-state index contributed by atoms with van der Waals surface area (Å²) < 4.78 is 0. The molecule has 15 heavy (non-hydrogen) atoms. The van der Waals surface area contributed by atoms with Crippen molar-refractivity contribution in [1.82, 2.24) is 25.2 Å². The fraction of sp³-hybridized carbons (Fsp3) is 0.333. The smallest absolute Gasteiger partial charge is 0.206 e. The lowest BCUT2D eigenvalue weighted by Gasteiger charge is -1.94. The Bertz CT molecular complexity index is 410. The molecule has 0 saturated heterocycles. The van der Waals surface area contributed by atoms with E-state index in [0.29, 0.717) is 18.9 Å². The number of pyridine rings is 1. The fourth-order valence-electron chi connectivity index (χ4n) is 1.18. The first-order valence-electron chi connectivity index (χ1n) is 4.78. The first-order valence-corrected chi connectivity index (χ1v) is 4.78. The Labute approximate surface area is 87.1 Å². The number of hydrogen-bond acceptors (Lipinski definition) is 5. The molecule has 0 amide bonds. The van der Waals surface area contributed by atoms with E-state index in [1.54, 1.807) is 17.2 Å². The predicted octanol–water partition coefficient (Wildman–Crippen LogP) is 0.0839. The molecule has 0 fully saturated rings. The van der Waals surface area contributed by atoms with Crippen molar-refractivity contribution in [3.8, 4) is 11.4 Å². The van der Waals surface area contributed by atoms with Crippen LogP contribution in [0.2, 0.25) is 0 Å². The van der Waals surface area contributed by atoms with Crippen LogP contribution in [0.3, 0.4) is 0 Å². The zero-order chi connectivity index (χ0) is 10.5. The number of tetrazole rings is 1. The molecule has 0 saturated carbocycles. The van der Waals surface area contributed by atoms with Crippen LogP contribution in [0.4, 0.5) is 0 Å². The summed E-state index contributed by atoms with van der Waals surface area (Å²) in [6, 6.07) is 3.74. The minimum Gasteiger partial charge on any atom is -0.330 e. The van der Waals surface area contributed by atoms with Gasteiger partial charge in [0.25, 0.3) is 0 Å². The maximum atomic E-state index is 5.39. The van der Waals surface area contributed by atoms with Crippen LogP contribution in [0.5, 0.6) is 0 Å². The molecule has 0 aliphatic rings. The van der Waals surface area contributed by atoms with E-state index in [4.69, 9.17) is 5.73 Å². The van der Waals surface area contributed by atoms with Gasteiger partial charge in [-0.05, 0) is 30.3 Å². The van der Waals surface area contributed by atoms with Crippen molar-refractivity contribution in [2.24, 2.45) is 5.73 Å². The summed E-state index contributed by atoms with van der Waals surface area (Å²) in [7, 11) is 0. The highest BCUT2D eigenvalue weighted by molar-refractivity contribution is 5.51. The Balaban J connectivity index is 2.14. The summed E-state index contributed by atoms with van der Waals surface area (Å²) in [5.74, 6) is 0.597. The van der Waals surface area contributed by atoms with Gasteiger partial charge < -0.3 is 5.73 Å². The molecule has 0 aliphatic heterocycles. The maximum absolute atomic E-state index is 5.39. The average molecular weight is 204 g/mol. The molecule has 2 heterocycles. The van der Waals surface area contributed by atoms with Crippen LogP contribution >= 0.6 is 0 Å². The normalized spacial score (nSPS) is 10.5. The fourth-order valence-corrected chi connectivity index (χ4v) is 1.18. The van der Waals surface area contributed by atoms with Gasteiger partial charge in [-0.1, -0.05) is 0 Å². The Morgan fingerprint density at radius 3 is 3.07 bits per heavy atom. The zero-order valence-electron chi connectivity index (χ0n) is 8.24. The highest BCUT2D eigenvalue weighted by Gasteiger charge is 2.04. The van der Waals surface area contributed by atoms with Crippen LogP contribution < -0.4 is 5.73 Å². The standard InChI is InChI=1S/C9H12N6/c10-4-2-6-15-13-9(12-14-15)8-3-1-5-11-7-8/h1,3,5,7H,2,4,6,10H2. The maximum Gasteiger partial charge on any atom is 0.206 e. The zero-order valence-corrected chi connectivity index (χ0v) is 8.24. The van der Waals surface area contributed by atoms with E-state index in [0.717, 1.165) is 12.0 Å². The largest absolute Gasteiger partial charge is 0.330 e. The molecule has 0 aliphatic carbocycles. The van der Waals surface area contributed by atoms with Crippen LogP contribution in [0, 0.1) is 0 Å². The SMILES string of the molecule is NCCCn1nnc(-c2cccnc2)n1. The van der Waals surface area contributed by atoms with E-state index in [1.807, 2.05) is 12.1 Å². The Morgan fingerprint density at radius 2 is 2.33 bits per heavy atom. The van der Waals surface area contributed by atoms with Gasteiger partial charge in [-0.3, -0.25) is 4.98 Å². The van der Waals surface area contributed by atoms with Crippen LogP contribution in [-0.2, 0) is 6.54 Å². The van der Waals surface area contributed by atoms with E-state index in [2.05, 4.69) is 20.4 Å². The highest BCUT2D eigenvalue weighted by atomic mass is 15.6. The third-order valence-corrected chi connectivity index (χ3v) is 1.93. The van der Waals surface area contributed by atoms with E-state index < -0.39 is 0 Å². The Hall–Kier alpha value is -1.82. The lowest BCUT2D eigenvalue weighted by atomic mass is 10.3. The molecule has 0 aromatic carbocycles. The summed E-state index contributed by atoms with van der Waals surface area (Å²) in [6.45, 7) is 1.33. The van der Waals surface area contributed by atoms with Crippen molar-refractivity contribution in [2.75, 3.05) is 6.54 Å². The predicted molar refractivity (Wildman–Crippen MR) is 54.7 cm³/mol. The summed E-state index contributed by atoms with van der Waals surface area (Å²) in [6.07, 6.45) is 4.27. The number of aromatic nitrogens is 5. The molecule has 0 spiro atoms. The van der Waals surface area contributed by atoms with Crippen molar-refractivity contribution < 1.29 is 0 Å². The number of nitrogens with two attached hydrogens (primary N) is 1. The summed E-state index contributed by atoms with van der Waals surface area (Å²) in [5.41, 5.74) is 6.27. The van der Waals surface area contributed by atoms with Gasteiger partial charge in [0.2, 0.25) is 5.82 Å². The summed E-state index contributed by atoms with van der Waals surface area (Å²) >= 11 is 0. The van der Waals surface area contributed by atoms with E-state index in [1.165, 1.54) is 0 Å². The highest BCUT2D eigenvalue weighted by Crippen LogP contribution is 2.10. The molecule has 2 rings (SSSR count). The molecule has 0 radical (unpaired) electrons. The first-order chi connectivity index (χ1) is 7.40. The quantitative estimate of drug-likeness (QED) is 0.762. The summed E-state index contributed by atoms with van der Waals surface area (Å²) in [5, 5.41) is 12.1. The van der Waals surface area contributed by atoms with Gasteiger partial charge >= 0.3 is 0 Å².